The van der Waals surface area contributed by atoms with Gasteiger partial charge in [0, 0.05) is 28.9 Å². The Morgan fingerprint density at radius 3 is 1.96 bits per heavy atom. The topological polar surface area (TPSA) is 213 Å². The molecule has 1 fully saturated rings. The number of benzene rings is 2. The van der Waals surface area contributed by atoms with Crippen LogP contribution in [-0.2, 0) is 55.4 Å². The highest BCUT2D eigenvalue weighted by Gasteiger charge is 2.60. The number of non-ortho nitro benzene ring substituents is 1. The van der Waals surface area contributed by atoms with E-state index < -0.39 is 76.2 Å². The molecule has 19 heteroatoms. The van der Waals surface area contributed by atoms with E-state index in [1.807, 2.05) is 20.8 Å². The molecule has 0 aliphatic carbocycles. The number of esters is 1. The van der Waals surface area contributed by atoms with Gasteiger partial charge in [-0.05, 0) is 51.5 Å². The van der Waals surface area contributed by atoms with E-state index in [9.17, 15) is 39.4 Å². The summed E-state index contributed by atoms with van der Waals surface area (Å²) in [6, 6.07) is 9.88. The molecule has 2 aromatic carbocycles. The van der Waals surface area contributed by atoms with E-state index in [4.69, 9.17) is 27.8 Å². The van der Waals surface area contributed by atoms with Crippen molar-refractivity contribution in [2.24, 2.45) is 11.8 Å². The molecule has 4 atom stereocenters. The lowest BCUT2D eigenvalue weighted by Crippen LogP contribution is -2.70. The number of likely N-dealkylation sites (tertiary alicyclic amines) is 1. The van der Waals surface area contributed by atoms with Crippen LogP contribution in [0.1, 0.15) is 66.5 Å². The molecule has 3 rings (SSSR count). The molecule has 1 heterocycles. The van der Waals surface area contributed by atoms with Gasteiger partial charge in [-0.15, -0.1) is 0 Å². The van der Waals surface area contributed by atoms with Crippen LogP contribution in [0.2, 0.25) is 0 Å². The van der Waals surface area contributed by atoms with Crippen molar-refractivity contribution in [1.29, 1.82) is 0 Å². The third-order valence-electron chi connectivity index (χ3n) is 7.89. The van der Waals surface area contributed by atoms with Crippen molar-refractivity contribution in [2.45, 2.75) is 85.5 Å². The maximum absolute atomic E-state index is 14.4. The summed E-state index contributed by atoms with van der Waals surface area (Å²) in [6.07, 6.45) is -2.34. The van der Waals surface area contributed by atoms with Gasteiger partial charge in [0.1, 0.15) is 19.3 Å². The SMILES string of the molecule is CCOP(OCC)(OCC)=C(C(=O)OCc1ccccc1[N+](=O)[O-])N1C(=O)C(C(C)OC(=O)OCc2ccc([N+](=O)[O-])cc2)C1C(C)C(=O)SC(C)(C)C. The maximum atomic E-state index is 14.4. The summed E-state index contributed by atoms with van der Waals surface area (Å²) in [5.74, 6) is -4.02. The number of nitrogens with zero attached hydrogens (tertiary/aromatic N) is 3. The minimum atomic E-state index is -3.94. The van der Waals surface area contributed by atoms with Crippen LogP contribution in [0.25, 0.3) is 0 Å². The van der Waals surface area contributed by atoms with Crippen molar-refractivity contribution in [3.05, 3.63) is 79.9 Å². The van der Waals surface area contributed by atoms with Gasteiger partial charge in [0.15, 0.2) is 5.12 Å². The predicted octanol–water partition coefficient (Wildman–Crippen LogP) is 6.81. The van der Waals surface area contributed by atoms with Crippen LogP contribution in [-0.4, -0.2) is 80.0 Å². The summed E-state index contributed by atoms with van der Waals surface area (Å²) in [4.78, 5) is 77.8. The number of hydrogen-bond acceptors (Lipinski definition) is 15. The van der Waals surface area contributed by atoms with Crippen molar-refractivity contribution >= 4 is 59.3 Å². The Kier molecular flexibility index (Phi) is 15.7. The second kappa shape index (κ2) is 19.3. The van der Waals surface area contributed by atoms with Crippen LogP contribution in [0, 0.1) is 32.1 Å². The number of rotatable bonds is 18. The van der Waals surface area contributed by atoms with Crippen LogP contribution < -0.4 is 0 Å². The van der Waals surface area contributed by atoms with E-state index in [0.29, 0.717) is 5.56 Å². The zero-order valence-corrected chi connectivity index (χ0v) is 33.1. The number of nitro groups is 2. The Labute approximate surface area is 317 Å². The average molecular weight is 796 g/mol. The first-order valence-corrected chi connectivity index (χ1v) is 19.5. The van der Waals surface area contributed by atoms with Gasteiger partial charge in [0.2, 0.25) is 11.3 Å². The number of thioether (sulfide) groups is 1. The Hall–Kier alpha value is -4.35. The minimum absolute atomic E-state index is 0.0285. The number of carbonyl (C=O) groups excluding carboxylic acids is 4. The number of ether oxygens (including phenoxy) is 3. The molecular formula is C35H46N3O14PS. The monoisotopic (exact) mass is 795 g/mol. The zero-order chi connectivity index (χ0) is 40.4. The van der Waals surface area contributed by atoms with E-state index in [1.165, 1.54) is 55.5 Å². The van der Waals surface area contributed by atoms with E-state index in [-0.39, 0.29) is 48.5 Å². The Balaban J connectivity index is 2.07. The number of hydrogen-bond donors (Lipinski definition) is 0. The lowest BCUT2D eigenvalue weighted by atomic mass is 9.76. The Morgan fingerprint density at radius 1 is 0.870 bits per heavy atom. The van der Waals surface area contributed by atoms with E-state index in [2.05, 4.69) is 0 Å². The number of para-hydroxylation sites is 1. The summed E-state index contributed by atoms with van der Waals surface area (Å²) < 4.78 is 33.9. The molecule has 54 heavy (non-hydrogen) atoms. The van der Waals surface area contributed by atoms with Crippen LogP contribution >= 0.6 is 19.3 Å². The first-order chi connectivity index (χ1) is 25.4. The lowest BCUT2D eigenvalue weighted by Gasteiger charge is -2.51. The largest absolute Gasteiger partial charge is 0.508 e. The highest BCUT2D eigenvalue weighted by Crippen LogP contribution is 2.56. The molecule has 296 valence electrons. The number of amides is 1. The minimum Gasteiger partial charge on any atom is -0.456 e. The summed E-state index contributed by atoms with van der Waals surface area (Å²) >= 11 is 1.03. The fourth-order valence-electron chi connectivity index (χ4n) is 5.61. The molecular weight excluding hydrogens is 749 g/mol. The van der Waals surface area contributed by atoms with Gasteiger partial charge in [0.05, 0.1) is 47.2 Å². The predicted molar refractivity (Wildman–Crippen MR) is 199 cm³/mol. The lowest BCUT2D eigenvalue weighted by molar-refractivity contribution is -0.385. The van der Waals surface area contributed by atoms with Crippen molar-refractivity contribution in [2.75, 3.05) is 19.8 Å². The first-order valence-electron chi connectivity index (χ1n) is 17.1. The van der Waals surface area contributed by atoms with Crippen LogP contribution in [0.15, 0.2) is 48.5 Å². The molecule has 1 saturated heterocycles. The smallest absolute Gasteiger partial charge is 0.456 e. The summed E-state index contributed by atoms with van der Waals surface area (Å²) in [7, 11) is -3.94. The molecule has 1 aliphatic rings. The van der Waals surface area contributed by atoms with Crippen LogP contribution in [0.5, 0.6) is 0 Å². The first kappa shape index (κ1) is 44.0. The summed E-state index contributed by atoms with van der Waals surface area (Å²) in [6.45, 7) is 12.5. The van der Waals surface area contributed by atoms with E-state index in [1.54, 1.807) is 27.7 Å². The second-order valence-electron chi connectivity index (χ2n) is 12.9. The van der Waals surface area contributed by atoms with Crippen LogP contribution in [0.3, 0.4) is 0 Å². The second-order valence-corrected chi connectivity index (χ2v) is 16.9. The van der Waals surface area contributed by atoms with E-state index >= 15 is 0 Å². The molecule has 0 bridgehead atoms. The Morgan fingerprint density at radius 2 is 1.44 bits per heavy atom. The van der Waals surface area contributed by atoms with Crippen molar-refractivity contribution in [3.63, 3.8) is 0 Å². The molecule has 17 nitrogen and oxygen atoms in total. The van der Waals surface area contributed by atoms with Gasteiger partial charge < -0.3 is 27.8 Å². The molecule has 0 saturated carbocycles. The number of nitro benzene ring substituents is 2. The Bertz CT molecular complexity index is 1740. The standard InChI is InChI=1S/C35H46N3O14PS/c1-9-49-53(50-10-2,51-11-3)31(32(40)47-21-25-14-12-13-15-27(25)38(45)46)36-29(22(4)33(41)54-35(6,7)8)28(30(36)39)23(5)52-34(42)48-20-24-16-18-26(19-17-24)37(43)44/h12-19,22-23,28-29H,9-11,20-21H2,1-8H3. The van der Waals surface area contributed by atoms with Gasteiger partial charge in [-0.25, -0.2) is 9.59 Å². The fourth-order valence-corrected chi connectivity index (χ4v) is 8.93. The van der Waals surface area contributed by atoms with Crippen molar-refractivity contribution in [1.82, 2.24) is 4.90 Å². The molecule has 0 aromatic heterocycles. The van der Waals surface area contributed by atoms with Gasteiger partial charge in [-0.2, -0.15) is 0 Å². The highest BCUT2D eigenvalue weighted by atomic mass is 32.2. The maximum Gasteiger partial charge on any atom is 0.508 e. The highest BCUT2D eigenvalue weighted by molar-refractivity contribution is 8.14. The van der Waals surface area contributed by atoms with Gasteiger partial charge in [-0.1, -0.05) is 51.6 Å². The molecule has 1 amide bonds. The summed E-state index contributed by atoms with van der Waals surface area (Å²) in [5, 5.41) is 22.3. The molecule has 1 aliphatic heterocycles. The quantitative estimate of drug-likeness (QED) is 0.0498. The number of β-lactam (4-membered cyclic amide) rings is 1. The molecule has 2 aromatic rings. The molecule has 0 N–H and O–H groups in total. The number of carbonyl (C=O) groups is 4. The van der Waals surface area contributed by atoms with Crippen molar-refractivity contribution in [3.8, 4) is 0 Å². The normalized spacial score (nSPS) is 16.8. The third-order valence-corrected chi connectivity index (χ3v) is 11.8. The summed E-state index contributed by atoms with van der Waals surface area (Å²) in [5.41, 5.74) is -0.379. The van der Waals surface area contributed by atoms with Gasteiger partial charge >= 0.3 is 12.1 Å². The van der Waals surface area contributed by atoms with Crippen molar-refractivity contribution < 1.29 is 56.8 Å². The van der Waals surface area contributed by atoms with Gasteiger partial charge in [0.25, 0.3) is 18.9 Å². The molecule has 0 spiro atoms. The van der Waals surface area contributed by atoms with Gasteiger partial charge in [-0.3, -0.25) is 34.7 Å². The van der Waals surface area contributed by atoms with Crippen LogP contribution in [0.4, 0.5) is 16.2 Å². The van der Waals surface area contributed by atoms with E-state index in [0.717, 1.165) is 16.7 Å². The molecule has 0 radical (unpaired) electrons. The average Bonchev–Trinajstić information content (AvgIpc) is 3.10. The fraction of sp³-hybridized carbons (Fsp3) is 0.514. The molecule has 4 unspecified atom stereocenters. The zero-order valence-electron chi connectivity index (χ0n) is 31.4. The third kappa shape index (κ3) is 10.9.